The standard InChI is InChI=1S/C26H27Cl2F3N4O2/c1-13-7-21(26(29,30)31)33-24-18(13)9-17(34(24)4)10-19-22(27)20(11-32-23(19)28)25(37)35-6-5-16(8-15(3)36)14(2)12-35/h7,9,11,14,16H,5-6,8,10,12H2,1-4H3/t14-,16-/m1/s1. The molecular weight excluding hydrogens is 528 g/mol. The molecule has 198 valence electrons. The predicted molar refractivity (Wildman–Crippen MR) is 136 cm³/mol. The molecule has 0 N–H and O–H groups in total. The number of nitrogens with zero attached hydrogens (tertiary/aromatic N) is 4. The van der Waals surface area contributed by atoms with Crippen LogP contribution in [0.4, 0.5) is 13.2 Å². The molecule has 11 heteroatoms. The zero-order chi connectivity index (χ0) is 27.2. The van der Waals surface area contributed by atoms with Gasteiger partial charge in [0.2, 0.25) is 0 Å². The third kappa shape index (κ3) is 5.48. The Morgan fingerprint density at radius 3 is 2.54 bits per heavy atom. The van der Waals surface area contributed by atoms with E-state index >= 15 is 0 Å². The summed E-state index contributed by atoms with van der Waals surface area (Å²) in [6.07, 6.45) is -1.84. The van der Waals surface area contributed by atoms with Gasteiger partial charge < -0.3 is 14.3 Å². The van der Waals surface area contributed by atoms with Crippen LogP contribution in [0.25, 0.3) is 11.0 Å². The Balaban J connectivity index is 1.63. The molecule has 0 bridgehead atoms. The minimum Gasteiger partial charge on any atom is -0.338 e. The minimum atomic E-state index is -4.56. The maximum absolute atomic E-state index is 13.4. The number of amides is 1. The molecule has 1 aliphatic heterocycles. The van der Waals surface area contributed by atoms with Gasteiger partial charge in [-0.1, -0.05) is 30.1 Å². The van der Waals surface area contributed by atoms with E-state index in [9.17, 15) is 22.8 Å². The van der Waals surface area contributed by atoms with Crippen molar-refractivity contribution in [3.63, 3.8) is 0 Å². The van der Waals surface area contributed by atoms with Crippen molar-refractivity contribution in [2.75, 3.05) is 13.1 Å². The fraction of sp³-hybridized carbons (Fsp3) is 0.462. The Morgan fingerprint density at radius 2 is 1.92 bits per heavy atom. The van der Waals surface area contributed by atoms with E-state index in [0.29, 0.717) is 41.7 Å². The number of carbonyl (C=O) groups excluding carboxylic acids is 2. The van der Waals surface area contributed by atoms with Gasteiger partial charge in [0, 0.05) is 55.8 Å². The minimum absolute atomic E-state index is 0.112. The number of halogens is 5. The van der Waals surface area contributed by atoms with Gasteiger partial charge in [-0.25, -0.2) is 9.97 Å². The van der Waals surface area contributed by atoms with E-state index in [0.717, 1.165) is 12.5 Å². The maximum atomic E-state index is 13.4. The van der Waals surface area contributed by atoms with Crippen molar-refractivity contribution in [3.8, 4) is 0 Å². The summed E-state index contributed by atoms with van der Waals surface area (Å²) in [5.41, 5.74) is 0.924. The fourth-order valence-electron chi connectivity index (χ4n) is 5.03. The van der Waals surface area contributed by atoms with Gasteiger partial charge in [0.1, 0.15) is 22.3 Å². The number of alkyl halides is 3. The molecule has 1 fully saturated rings. The van der Waals surface area contributed by atoms with Gasteiger partial charge in [-0.15, -0.1) is 0 Å². The van der Waals surface area contributed by atoms with E-state index in [1.807, 2.05) is 6.92 Å². The Bertz CT molecular complexity index is 1390. The summed E-state index contributed by atoms with van der Waals surface area (Å²) >= 11 is 13.1. The van der Waals surface area contributed by atoms with Gasteiger partial charge >= 0.3 is 6.18 Å². The van der Waals surface area contributed by atoms with Crippen molar-refractivity contribution >= 4 is 45.9 Å². The van der Waals surface area contributed by atoms with Gasteiger partial charge in [0.15, 0.2) is 0 Å². The summed E-state index contributed by atoms with van der Waals surface area (Å²) in [7, 11) is 1.63. The number of ketones is 1. The topological polar surface area (TPSA) is 68.1 Å². The number of hydrogen-bond donors (Lipinski definition) is 0. The van der Waals surface area contributed by atoms with Crippen molar-refractivity contribution in [2.24, 2.45) is 18.9 Å². The highest BCUT2D eigenvalue weighted by Crippen LogP contribution is 2.35. The van der Waals surface area contributed by atoms with Crippen LogP contribution < -0.4 is 0 Å². The van der Waals surface area contributed by atoms with E-state index in [4.69, 9.17) is 23.2 Å². The average Bonchev–Trinajstić information content (AvgIpc) is 3.12. The maximum Gasteiger partial charge on any atom is 0.433 e. The number of piperidine rings is 1. The molecule has 2 atom stereocenters. The Hall–Kier alpha value is -2.65. The molecule has 1 amide bonds. The van der Waals surface area contributed by atoms with Crippen LogP contribution in [0.1, 0.15) is 59.6 Å². The molecule has 0 aliphatic carbocycles. The third-order valence-electron chi connectivity index (χ3n) is 7.16. The molecule has 3 aromatic rings. The molecular formula is C26H27Cl2F3N4O2. The van der Waals surface area contributed by atoms with E-state index in [2.05, 4.69) is 9.97 Å². The molecule has 4 rings (SSSR count). The lowest BCUT2D eigenvalue weighted by molar-refractivity contribution is -0.141. The molecule has 1 aliphatic rings. The van der Waals surface area contributed by atoms with Gasteiger partial charge in [0.25, 0.3) is 5.91 Å². The number of Topliss-reactive ketones (excluding diaryl/α,β-unsaturated/α-hetero) is 1. The van der Waals surface area contributed by atoms with E-state index in [1.165, 1.54) is 6.20 Å². The summed E-state index contributed by atoms with van der Waals surface area (Å²) in [5, 5.41) is 0.857. The fourth-order valence-corrected chi connectivity index (χ4v) is 5.57. The van der Waals surface area contributed by atoms with Crippen molar-refractivity contribution in [1.29, 1.82) is 0 Å². The second kappa shape index (κ2) is 10.3. The van der Waals surface area contributed by atoms with Crippen LogP contribution in [0.5, 0.6) is 0 Å². The zero-order valence-corrected chi connectivity index (χ0v) is 22.4. The molecule has 4 heterocycles. The van der Waals surface area contributed by atoms with E-state index in [1.54, 1.807) is 36.4 Å². The summed E-state index contributed by atoms with van der Waals surface area (Å²) in [6, 6.07) is 2.77. The summed E-state index contributed by atoms with van der Waals surface area (Å²) in [6.45, 7) is 6.21. The second-order valence-corrected chi connectivity index (χ2v) is 10.6. The molecule has 0 spiro atoms. The van der Waals surface area contributed by atoms with Crippen LogP contribution in [0.15, 0.2) is 18.3 Å². The largest absolute Gasteiger partial charge is 0.433 e. The van der Waals surface area contributed by atoms with Crippen LogP contribution in [0.3, 0.4) is 0 Å². The SMILES string of the molecule is CC(=O)C[C@H]1CCN(C(=O)c2cnc(Cl)c(Cc3cc4c(C)cc(C(F)(F)F)nc4n3C)c2Cl)C[C@H]1C. The highest BCUT2D eigenvalue weighted by molar-refractivity contribution is 6.37. The molecule has 0 radical (unpaired) electrons. The Labute approximate surface area is 222 Å². The number of fused-ring (bicyclic) bond motifs is 1. The van der Waals surface area contributed by atoms with Crippen molar-refractivity contribution in [3.05, 3.63) is 56.6 Å². The number of rotatable bonds is 5. The first kappa shape index (κ1) is 27.4. The second-order valence-electron chi connectivity index (χ2n) is 9.87. The number of pyridine rings is 2. The van der Waals surface area contributed by atoms with Gasteiger partial charge in [0.05, 0.1) is 10.6 Å². The number of likely N-dealkylation sites (tertiary alicyclic amines) is 1. The number of aryl methyl sites for hydroxylation is 2. The molecule has 37 heavy (non-hydrogen) atoms. The first-order chi connectivity index (χ1) is 17.3. The Morgan fingerprint density at radius 1 is 1.22 bits per heavy atom. The lowest BCUT2D eigenvalue weighted by atomic mass is 9.83. The quantitative estimate of drug-likeness (QED) is 0.348. The molecule has 0 aromatic carbocycles. The van der Waals surface area contributed by atoms with Crippen molar-refractivity contribution in [1.82, 2.24) is 19.4 Å². The first-order valence-corrected chi connectivity index (χ1v) is 12.7. The number of aromatic nitrogens is 3. The van der Waals surface area contributed by atoms with E-state index < -0.39 is 11.9 Å². The molecule has 3 aromatic heterocycles. The number of hydrogen-bond acceptors (Lipinski definition) is 4. The monoisotopic (exact) mass is 554 g/mol. The first-order valence-electron chi connectivity index (χ1n) is 11.9. The average molecular weight is 555 g/mol. The smallest absolute Gasteiger partial charge is 0.338 e. The lowest BCUT2D eigenvalue weighted by Gasteiger charge is -2.36. The third-order valence-corrected chi connectivity index (χ3v) is 7.92. The highest BCUT2D eigenvalue weighted by atomic mass is 35.5. The number of carbonyl (C=O) groups is 2. The molecule has 0 unspecified atom stereocenters. The summed E-state index contributed by atoms with van der Waals surface area (Å²) < 4.78 is 41.5. The van der Waals surface area contributed by atoms with Crippen LogP contribution in [0, 0.1) is 18.8 Å². The molecule has 1 saturated heterocycles. The molecule has 6 nitrogen and oxygen atoms in total. The lowest BCUT2D eigenvalue weighted by Crippen LogP contribution is -2.43. The van der Waals surface area contributed by atoms with Gasteiger partial charge in [-0.05, 0) is 49.8 Å². The van der Waals surface area contributed by atoms with Crippen molar-refractivity contribution in [2.45, 2.75) is 46.2 Å². The Kier molecular flexibility index (Phi) is 7.59. The van der Waals surface area contributed by atoms with Crippen LogP contribution in [-0.2, 0) is 24.4 Å². The summed E-state index contributed by atoms with van der Waals surface area (Å²) in [4.78, 5) is 34.6. The normalized spacial score (nSPS) is 18.5. The van der Waals surface area contributed by atoms with Crippen LogP contribution in [-0.4, -0.2) is 44.2 Å². The van der Waals surface area contributed by atoms with E-state index in [-0.39, 0.29) is 51.3 Å². The van der Waals surface area contributed by atoms with Gasteiger partial charge in [-0.3, -0.25) is 4.79 Å². The molecule has 0 saturated carbocycles. The highest BCUT2D eigenvalue weighted by Gasteiger charge is 2.34. The van der Waals surface area contributed by atoms with Gasteiger partial charge in [-0.2, -0.15) is 13.2 Å². The van der Waals surface area contributed by atoms with Crippen LogP contribution in [0.2, 0.25) is 10.2 Å². The van der Waals surface area contributed by atoms with Crippen LogP contribution >= 0.6 is 23.2 Å². The summed E-state index contributed by atoms with van der Waals surface area (Å²) in [5.74, 6) is 0.262. The zero-order valence-electron chi connectivity index (χ0n) is 20.9. The predicted octanol–water partition coefficient (Wildman–Crippen LogP) is 6.27. The van der Waals surface area contributed by atoms with Crippen molar-refractivity contribution < 1.29 is 22.8 Å².